The number of para-hydroxylation sites is 1. The zero-order chi connectivity index (χ0) is 15.9. The van der Waals surface area contributed by atoms with Crippen LogP contribution in [0.15, 0.2) is 54.6 Å². The van der Waals surface area contributed by atoms with Crippen LogP contribution < -0.4 is 10.6 Å². The molecule has 0 bridgehead atoms. The molecule has 0 saturated carbocycles. The first-order chi connectivity index (χ1) is 11.4. The molecule has 3 nitrogen and oxygen atoms in total. The Morgan fingerprint density at radius 3 is 2.26 bits per heavy atom. The SMILES string of the molecule is NCCCN1CCN(c2ccccc2Cc2ccccc2)CC1. The molecule has 1 fully saturated rings. The van der Waals surface area contributed by atoms with Gasteiger partial charge in [0, 0.05) is 31.9 Å². The monoisotopic (exact) mass is 309 g/mol. The van der Waals surface area contributed by atoms with Crippen molar-refractivity contribution in [3.05, 3.63) is 65.7 Å². The molecule has 0 amide bonds. The van der Waals surface area contributed by atoms with E-state index in [-0.39, 0.29) is 0 Å². The highest BCUT2D eigenvalue weighted by atomic mass is 15.3. The standard InChI is InChI=1S/C20H27N3/c21-11-6-12-22-13-15-23(16-14-22)20-10-5-4-9-19(20)17-18-7-2-1-3-8-18/h1-5,7-10H,6,11-17,21H2. The van der Waals surface area contributed by atoms with Crippen LogP contribution in [0.1, 0.15) is 17.5 Å². The van der Waals surface area contributed by atoms with Gasteiger partial charge in [-0.05, 0) is 43.1 Å². The van der Waals surface area contributed by atoms with Crippen molar-refractivity contribution in [2.24, 2.45) is 5.73 Å². The van der Waals surface area contributed by atoms with Crippen molar-refractivity contribution in [2.45, 2.75) is 12.8 Å². The minimum atomic E-state index is 0.792. The summed E-state index contributed by atoms with van der Waals surface area (Å²) in [5, 5.41) is 0. The molecule has 1 aliphatic heterocycles. The maximum absolute atomic E-state index is 5.62. The van der Waals surface area contributed by atoms with Crippen molar-refractivity contribution in [3.8, 4) is 0 Å². The first-order valence-corrected chi connectivity index (χ1v) is 8.66. The van der Waals surface area contributed by atoms with Gasteiger partial charge in [0.1, 0.15) is 0 Å². The lowest BCUT2D eigenvalue weighted by atomic mass is 10.0. The van der Waals surface area contributed by atoms with Crippen molar-refractivity contribution in [3.63, 3.8) is 0 Å². The second-order valence-corrected chi connectivity index (χ2v) is 6.26. The van der Waals surface area contributed by atoms with E-state index in [0.717, 1.165) is 52.1 Å². The van der Waals surface area contributed by atoms with Crippen molar-refractivity contribution >= 4 is 5.69 Å². The predicted octanol–water partition coefficient (Wildman–Crippen LogP) is 2.75. The highest BCUT2D eigenvalue weighted by Gasteiger charge is 2.18. The van der Waals surface area contributed by atoms with E-state index in [0.29, 0.717) is 0 Å². The average Bonchev–Trinajstić information content (AvgIpc) is 2.62. The second-order valence-electron chi connectivity index (χ2n) is 6.26. The Morgan fingerprint density at radius 1 is 0.826 bits per heavy atom. The zero-order valence-electron chi connectivity index (χ0n) is 13.8. The highest BCUT2D eigenvalue weighted by molar-refractivity contribution is 5.55. The van der Waals surface area contributed by atoms with Gasteiger partial charge in [-0.3, -0.25) is 4.90 Å². The number of hydrogen-bond acceptors (Lipinski definition) is 3. The summed E-state index contributed by atoms with van der Waals surface area (Å²) in [5.74, 6) is 0. The van der Waals surface area contributed by atoms with Gasteiger partial charge in [-0.25, -0.2) is 0 Å². The van der Waals surface area contributed by atoms with Crippen molar-refractivity contribution in [2.75, 3.05) is 44.2 Å². The summed E-state index contributed by atoms with van der Waals surface area (Å²) in [4.78, 5) is 5.07. The van der Waals surface area contributed by atoms with Gasteiger partial charge >= 0.3 is 0 Å². The summed E-state index contributed by atoms with van der Waals surface area (Å²) < 4.78 is 0. The maximum atomic E-state index is 5.62. The molecule has 2 aromatic carbocycles. The Hall–Kier alpha value is -1.84. The van der Waals surface area contributed by atoms with E-state index in [1.54, 1.807) is 0 Å². The summed E-state index contributed by atoms with van der Waals surface area (Å²) in [6.45, 7) is 6.42. The number of rotatable bonds is 6. The third-order valence-electron chi connectivity index (χ3n) is 4.62. The number of piperazine rings is 1. The van der Waals surface area contributed by atoms with Crippen LogP contribution in [0, 0.1) is 0 Å². The molecule has 0 aromatic heterocycles. The summed E-state index contributed by atoms with van der Waals surface area (Å²) in [6.07, 6.45) is 2.11. The van der Waals surface area contributed by atoms with Crippen LogP contribution >= 0.6 is 0 Å². The number of nitrogens with two attached hydrogens (primary N) is 1. The molecule has 0 aliphatic carbocycles. The van der Waals surface area contributed by atoms with Crippen LogP contribution in [0.3, 0.4) is 0 Å². The second kappa shape index (κ2) is 8.14. The lowest BCUT2D eigenvalue weighted by molar-refractivity contribution is 0.256. The fourth-order valence-electron chi connectivity index (χ4n) is 3.31. The first kappa shape index (κ1) is 16.0. The van der Waals surface area contributed by atoms with E-state index < -0.39 is 0 Å². The van der Waals surface area contributed by atoms with E-state index in [1.165, 1.54) is 16.8 Å². The predicted molar refractivity (Wildman–Crippen MR) is 98.0 cm³/mol. The van der Waals surface area contributed by atoms with Crippen molar-refractivity contribution < 1.29 is 0 Å². The van der Waals surface area contributed by atoms with Gasteiger partial charge in [-0.15, -0.1) is 0 Å². The quantitative estimate of drug-likeness (QED) is 0.890. The van der Waals surface area contributed by atoms with Gasteiger partial charge in [0.15, 0.2) is 0 Å². The summed E-state index contributed by atoms with van der Waals surface area (Å²) in [6, 6.07) is 19.6. The molecule has 2 N–H and O–H groups in total. The lowest BCUT2D eigenvalue weighted by Gasteiger charge is -2.37. The molecule has 2 aromatic rings. The fourth-order valence-corrected chi connectivity index (χ4v) is 3.31. The smallest absolute Gasteiger partial charge is 0.0403 e. The van der Waals surface area contributed by atoms with Gasteiger partial charge in [-0.1, -0.05) is 48.5 Å². The van der Waals surface area contributed by atoms with Crippen LogP contribution in [-0.4, -0.2) is 44.2 Å². The molecule has 23 heavy (non-hydrogen) atoms. The molecule has 122 valence electrons. The fraction of sp³-hybridized carbons (Fsp3) is 0.400. The van der Waals surface area contributed by atoms with Crippen LogP contribution in [0.2, 0.25) is 0 Å². The van der Waals surface area contributed by atoms with Gasteiger partial charge in [-0.2, -0.15) is 0 Å². The number of anilines is 1. The van der Waals surface area contributed by atoms with Gasteiger partial charge in [0.05, 0.1) is 0 Å². The molecular formula is C20H27N3. The molecule has 1 aliphatic rings. The minimum absolute atomic E-state index is 0.792. The third-order valence-corrected chi connectivity index (χ3v) is 4.62. The number of benzene rings is 2. The van der Waals surface area contributed by atoms with E-state index in [4.69, 9.17) is 5.73 Å². The zero-order valence-corrected chi connectivity index (χ0v) is 13.8. The van der Waals surface area contributed by atoms with Crippen molar-refractivity contribution in [1.82, 2.24) is 4.90 Å². The molecule has 3 rings (SSSR count). The summed E-state index contributed by atoms with van der Waals surface area (Å²) >= 11 is 0. The number of nitrogens with zero attached hydrogens (tertiary/aromatic N) is 2. The summed E-state index contributed by atoms with van der Waals surface area (Å²) in [5.41, 5.74) is 9.82. The average molecular weight is 309 g/mol. The Balaban J connectivity index is 1.67. The highest BCUT2D eigenvalue weighted by Crippen LogP contribution is 2.24. The van der Waals surface area contributed by atoms with Gasteiger partial charge < -0.3 is 10.6 Å². The first-order valence-electron chi connectivity index (χ1n) is 8.66. The molecule has 0 unspecified atom stereocenters. The van der Waals surface area contributed by atoms with E-state index in [1.807, 2.05) is 0 Å². The largest absolute Gasteiger partial charge is 0.369 e. The van der Waals surface area contributed by atoms with E-state index >= 15 is 0 Å². The Morgan fingerprint density at radius 2 is 1.52 bits per heavy atom. The van der Waals surface area contributed by atoms with E-state index in [9.17, 15) is 0 Å². The molecule has 0 atom stereocenters. The molecular weight excluding hydrogens is 282 g/mol. The van der Waals surface area contributed by atoms with Gasteiger partial charge in [0.25, 0.3) is 0 Å². The van der Waals surface area contributed by atoms with Crippen molar-refractivity contribution in [1.29, 1.82) is 0 Å². The van der Waals surface area contributed by atoms with Crippen LogP contribution in [0.25, 0.3) is 0 Å². The van der Waals surface area contributed by atoms with Gasteiger partial charge in [0.2, 0.25) is 0 Å². The third kappa shape index (κ3) is 4.34. The Bertz CT molecular complexity index is 589. The lowest BCUT2D eigenvalue weighted by Crippen LogP contribution is -2.47. The molecule has 1 heterocycles. The molecule has 0 radical (unpaired) electrons. The Kier molecular flexibility index (Phi) is 5.67. The maximum Gasteiger partial charge on any atom is 0.0403 e. The number of hydrogen-bond donors (Lipinski definition) is 1. The molecule has 3 heteroatoms. The topological polar surface area (TPSA) is 32.5 Å². The molecule has 1 saturated heterocycles. The summed E-state index contributed by atoms with van der Waals surface area (Å²) in [7, 11) is 0. The molecule has 0 spiro atoms. The van der Waals surface area contributed by atoms with Crippen LogP contribution in [-0.2, 0) is 6.42 Å². The van der Waals surface area contributed by atoms with Crippen LogP contribution in [0.5, 0.6) is 0 Å². The van der Waals surface area contributed by atoms with E-state index in [2.05, 4.69) is 64.4 Å². The van der Waals surface area contributed by atoms with Crippen LogP contribution in [0.4, 0.5) is 5.69 Å². The normalized spacial score (nSPS) is 15.8. The minimum Gasteiger partial charge on any atom is -0.369 e. The Labute approximate surface area is 139 Å².